The van der Waals surface area contributed by atoms with Crippen LogP contribution in [0.25, 0.3) is 0 Å². The molecule has 2 rings (SSSR count). The summed E-state index contributed by atoms with van der Waals surface area (Å²) in [7, 11) is 0. The van der Waals surface area contributed by atoms with Gasteiger partial charge in [-0.05, 0) is 32.9 Å². The first-order valence-corrected chi connectivity index (χ1v) is 6.15. The highest BCUT2D eigenvalue weighted by molar-refractivity contribution is 5.38. The lowest BCUT2D eigenvalue weighted by Crippen LogP contribution is -2.27. The molecular weight excluding hydrogens is 240 g/mol. The molecule has 0 saturated carbocycles. The molecule has 0 atom stereocenters. The molecule has 0 bridgehead atoms. The van der Waals surface area contributed by atoms with Gasteiger partial charge < -0.3 is 10.6 Å². The van der Waals surface area contributed by atoms with Crippen molar-refractivity contribution >= 4 is 11.8 Å². The highest BCUT2D eigenvalue weighted by Gasteiger charge is 2.11. The van der Waals surface area contributed by atoms with E-state index in [0.29, 0.717) is 18.3 Å². The fraction of sp³-hybridized carbons (Fsp3) is 0.385. The van der Waals surface area contributed by atoms with Gasteiger partial charge in [0.1, 0.15) is 0 Å². The van der Waals surface area contributed by atoms with Crippen LogP contribution >= 0.6 is 0 Å². The van der Waals surface area contributed by atoms with E-state index in [1.807, 2.05) is 39.0 Å². The third-order valence-electron chi connectivity index (χ3n) is 2.22. The quantitative estimate of drug-likeness (QED) is 0.874. The van der Waals surface area contributed by atoms with Crippen LogP contribution in [-0.2, 0) is 6.54 Å². The van der Waals surface area contributed by atoms with Gasteiger partial charge in [-0.2, -0.15) is 10.1 Å². The zero-order valence-corrected chi connectivity index (χ0v) is 11.4. The Kier molecular flexibility index (Phi) is 3.89. The molecule has 0 aromatic carbocycles. The van der Waals surface area contributed by atoms with Crippen molar-refractivity contribution in [3.05, 3.63) is 36.3 Å². The first-order chi connectivity index (χ1) is 9.03. The van der Waals surface area contributed by atoms with E-state index in [1.165, 1.54) is 0 Å². The van der Waals surface area contributed by atoms with Gasteiger partial charge in [0.05, 0.1) is 18.4 Å². The summed E-state index contributed by atoms with van der Waals surface area (Å²) < 4.78 is 0. The monoisotopic (exact) mass is 258 g/mol. The molecule has 0 unspecified atom stereocenters. The van der Waals surface area contributed by atoms with Crippen LogP contribution in [0.2, 0.25) is 0 Å². The maximum absolute atomic E-state index is 4.35. The summed E-state index contributed by atoms with van der Waals surface area (Å²) >= 11 is 0. The Morgan fingerprint density at radius 1 is 1.21 bits per heavy atom. The molecule has 0 amide bonds. The number of hydrogen-bond donors (Lipinski definition) is 2. The Morgan fingerprint density at radius 3 is 2.74 bits per heavy atom. The van der Waals surface area contributed by atoms with E-state index in [4.69, 9.17) is 0 Å². The molecule has 0 aliphatic heterocycles. The minimum atomic E-state index is -0.0959. The molecule has 2 heterocycles. The van der Waals surface area contributed by atoms with Crippen molar-refractivity contribution in [2.75, 3.05) is 10.6 Å². The number of nitrogens with one attached hydrogen (secondary N) is 2. The van der Waals surface area contributed by atoms with E-state index < -0.39 is 0 Å². The predicted molar refractivity (Wildman–Crippen MR) is 74.8 cm³/mol. The third kappa shape index (κ3) is 4.50. The van der Waals surface area contributed by atoms with Crippen LogP contribution in [0.4, 0.5) is 11.8 Å². The summed E-state index contributed by atoms with van der Waals surface area (Å²) in [5, 5.41) is 14.2. The number of rotatable bonds is 4. The summed E-state index contributed by atoms with van der Waals surface area (Å²) in [6.07, 6.45) is 3.36. The molecule has 19 heavy (non-hydrogen) atoms. The van der Waals surface area contributed by atoms with Crippen molar-refractivity contribution in [3.63, 3.8) is 0 Å². The van der Waals surface area contributed by atoms with Crippen molar-refractivity contribution in [3.8, 4) is 0 Å². The first kappa shape index (κ1) is 13.2. The van der Waals surface area contributed by atoms with E-state index in [9.17, 15) is 0 Å². The van der Waals surface area contributed by atoms with Gasteiger partial charge >= 0.3 is 0 Å². The zero-order chi connectivity index (χ0) is 13.7. The van der Waals surface area contributed by atoms with Crippen LogP contribution in [-0.4, -0.2) is 25.7 Å². The van der Waals surface area contributed by atoms with Gasteiger partial charge in [-0.1, -0.05) is 6.07 Å². The van der Waals surface area contributed by atoms with Gasteiger partial charge in [-0.3, -0.25) is 4.98 Å². The molecular formula is C13H18N6. The second kappa shape index (κ2) is 5.60. The van der Waals surface area contributed by atoms with Crippen molar-refractivity contribution in [1.82, 2.24) is 20.2 Å². The van der Waals surface area contributed by atoms with Crippen LogP contribution < -0.4 is 10.6 Å². The number of nitrogens with zero attached hydrogens (tertiary/aromatic N) is 4. The standard InChI is InChI=1S/C13H18N6/c1-13(2,3)18-12-17-11(9-16-19-12)15-8-10-6-4-5-7-14-10/h4-7,9H,8H2,1-3H3,(H2,15,17,18,19). The van der Waals surface area contributed by atoms with E-state index in [2.05, 4.69) is 30.8 Å². The van der Waals surface area contributed by atoms with Crippen molar-refractivity contribution < 1.29 is 0 Å². The molecule has 2 aromatic heterocycles. The van der Waals surface area contributed by atoms with Crippen LogP contribution in [0.3, 0.4) is 0 Å². The van der Waals surface area contributed by atoms with Gasteiger partial charge in [0, 0.05) is 11.7 Å². The fourth-order valence-corrected chi connectivity index (χ4v) is 1.46. The molecule has 0 fully saturated rings. The fourth-order valence-electron chi connectivity index (χ4n) is 1.46. The molecule has 0 spiro atoms. The van der Waals surface area contributed by atoms with Crippen molar-refractivity contribution in [2.24, 2.45) is 0 Å². The van der Waals surface area contributed by atoms with Crippen LogP contribution in [0, 0.1) is 0 Å². The Labute approximate surface area is 112 Å². The maximum Gasteiger partial charge on any atom is 0.245 e. The van der Waals surface area contributed by atoms with Crippen LogP contribution in [0.15, 0.2) is 30.6 Å². The van der Waals surface area contributed by atoms with Gasteiger partial charge in [0.25, 0.3) is 0 Å². The van der Waals surface area contributed by atoms with Gasteiger partial charge in [-0.15, -0.1) is 5.10 Å². The molecule has 0 aliphatic carbocycles. The molecule has 6 nitrogen and oxygen atoms in total. The SMILES string of the molecule is CC(C)(C)Nc1nncc(NCc2ccccn2)n1. The topological polar surface area (TPSA) is 75.6 Å². The van der Waals surface area contributed by atoms with Crippen molar-refractivity contribution in [2.45, 2.75) is 32.9 Å². The average molecular weight is 258 g/mol. The average Bonchev–Trinajstić information content (AvgIpc) is 2.36. The molecule has 0 saturated heterocycles. The van der Waals surface area contributed by atoms with Gasteiger partial charge in [0.2, 0.25) is 5.95 Å². The minimum absolute atomic E-state index is 0.0959. The Bertz CT molecular complexity index is 520. The maximum atomic E-state index is 4.35. The minimum Gasteiger partial charge on any atom is -0.363 e. The van der Waals surface area contributed by atoms with Gasteiger partial charge in [0.15, 0.2) is 5.82 Å². The molecule has 0 radical (unpaired) electrons. The molecule has 6 heteroatoms. The third-order valence-corrected chi connectivity index (χ3v) is 2.22. The number of aromatic nitrogens is 4. The first-order valence-electron chi connectivity index (χ1n) is 6.15. The zero-order valence-electron chi connectivity index (χ0n) is 11.4. The second-order valence-corrected chi connectivity index (χ2v) is 5.21. The Morgan fingerprint density at radius 2 is 2.05 bits per heavy atom. The molecule has 2 N–H and O–H groups in total. The molecule has 100 valence electrons. The van der Waals surface area contributed by atoms with Crippen LogP contribution in [0.5, 0.6) is 0 Å². The van der Waals surface area contributed by atoms with E-state index >= 15 is 0 Å². The van der Waals surface area contributed by atoms with E-state index in [1.54, 1.807) is 12.4 Å². The molecule has 0 aliphatic rings. The largest absolute Gasteiger partial charge is 0.363 e. The van der Waals surface area contributed by atoms with Crippen LogP contribution in [0.1, 0.15) is 26.5 Å². The number of hydrogen-bond acceptors (Lipinski definition) is 6. The normalized spacial score (nSPS) is 11.1. The van der Waals surface area contributed by atoms with Crippen molar-refractivity contribution in [1.29, 1.82) is 0 Å². The summed E-state index contributed by atoms with van der Waals surface area (Å²) in [6, 6.07) is 5.80. The molecule has 2 aromatic rings. The highest BCUT2D eigenvalue weighted by Crippen LogP contribution is 2.11. The predicted octanol–water partition coefficient (Wildman–Crippen LogP) is 2.09. The summed E-state index contributed by atoms with van der Waals surface area (Å²) in [5.41, 5.74) is 0.854. The smallest absolute Gasteiger partial charge is 0.245 e. The second-order valence-electron chi connectivity index (χ2n) is 5.21. The lowest BCUT2D eigenvalue weighted by atomic mass is 10.1. The Hall–Kier alpha value is -2.24. The number of pyridine rings is 1. The van der Waals surface area contributed by atoms with E-state index in [-0.39, 0.29) is 5.54 Å². The Balaban J connectivity index is 1.99. The number of anilines is 2. The van der Waals surface area contributed by atoms with E-state index in [0.717, 1.165) is 5.69 Å². The highest BCUT2D eigenvalue weighted by atomic mass is 15.3. The summed E-state index contributed by atoms with van der Waals surface area (Å²) in [6.45, 7) is 6.74. The summed E-state index contributed by atoms with van der Waals surface area (Å²) in [4.78, 5) is 8.58. The summed E-state index contributed by atoms with van der Waals surface area (Å²) in [5.74, 6) is 1.19. The lowest BCUT2D eigenvalue weighted by molar-refractivity contribution is 0.623. The van der Waals surface area contributed by atoms with Gasteiger partial charge in [-0.25, -0.2) is 0 Å². The lowest BCUT2D eigenvalue weighted by Gasteiger charge is -2.20.